The van der Waals surface area contributed by atoms with Crippen LogP contribution in [0.1, 0.15) is 0 Å². The highest BCUT2D eigenvalue weighted by Crippen LogP contribution is 2.01. The fourth-order valence-corrected chi connectivity index (χ4v) is 0.605. The molecule has 0 aromatic heterocycles. The van der Waals surface area contributed by atoms with Gasteiger partial charge in [-0.2, -0.15) is 0 Å². The molecule has 0 saturated carbocycles. The Morgan fingerprint density at radius 3 is 2.00 bits per heavy atom. The van der Waals surface area contributed by atoms with Crippen molar-refractivity contribution in [2.75, 3.05) is 12.4 Å². The first-order chi connectivity index (χ1) is 3.93. The lowest BCUT2D eigenvalue weighted by atomic mass is 10.3. The zero-order valence-electron chi connectivity index (χ0n) is 5.29. The topological polar surface area (TPSA) is 12.0 Å². The summed E-state index contributed by atoms with van der Waals surface area (Å²) < 4.78 is 0. The summed E-state index contributed by atoms with van der Waals surface area (Å²) in [5.41, 5.74) is 1.16. The standard InChI is InChI=1S/C7H9N.BrH/c1-8-7-5-3-2-4-6-7;/h2-6,8H,1H3;1H. The van der Waals surface area contributed by atoms with Crippen LogP contribution in [0, 0.1) is 0 Å². The van der Waals surface area contributed by atoms with Crippen molar-refractivity contribution in [2.45, 2.75) is 0 Å². The van der Waals surface area contributed by atoms with Crippen molar-refractivity contribution in [1.29, 1.82) is 0 Å². The summed E-state index contributed by atoms with van der Waals surface area (Å²) in [5, 5.41) is 3.03. The van der Waals surface area contributed by atoms with Crippen LogP contribution in [0.5, 0.6) is 0 Å². The van der Waals surface area contributed by atoms with Gasteiger partial charge in [0.15, 0.2) is 0 Å². The highest BCUT2D eigenvalue weighted by atomic mass is 79.9. The second kappa shape index (κ2) is 4.39. The highest BCUT2D eigenvalue weighted by molar-refractivity contribution is 8.93. The molecule has 9 heavy (non-hydrogen) atoms. The zero-order valence-corrected chi connectivity index (χ0v) is 7.01. The first-order valence-corrected chi connectivity index (χ1v) is 2.66. The van der Waals surface area contributed by atoms with Crippen LogP contribution in [0.3, 0.4) is 0 Å². The molecule has 0 radical (unpaired) electrons. The Balaban J connectivity index is 0.000000640. The van der Waals surface area contributed by atoms with Crippen molar-refractivity contribution in [1.82, 2.24) is 0 Å². The van der Waals surface area contributed by atoms with Crippen LogP contribution in [-0.4, -0.2) is 7.05 Å². The van der Waals surface area contributed by atoms with Crippen LogP contribution in [0.4, 0.5) is 5.69 Å². The van der Waals surface area contributed by atoms with Crippen molar-refractivity contribution < 1.29 is 0 Å². The third-order valence-corrected chi connectivity index (χ3v) is 1.06. The van der Waals surface area contributed by atoms with Crippen LogP contribution in [0.25, 0.3) is 0 Å². The lowest BCUT2D eigenvalue weighted by Crippen LogP contribution is -1.84. The van der Waals surface area contributed by atoms with Crippen molar-refractivity contribution in [3.05, 3.63) is 30.3 Å². The van der Waals surface area contributed by atoms with E-state index in [0.29, 0.717) is 0 Å². The molecule has 1 N–H and O–H groups in total. The molecule has 1 nitrogen and oxygen atoms in total. The van der Waals surface area contributed by atoms with Crippen LogP contribution in [-0.2, 0) is 0 Å². The highest BCUT2D eigenvalue weighted by Gasteiger charge is 1.77. The molecule has 0 bridgehead atoms. The molecule has 50 valence electrons. The van der Waals surface area contributed by atoms with E-state index in [0.717, 1.165) is 5.69 Å². The van der Waals surface area contributed by atoms with Gasteiger partial charge in [-0.1, -0.05) is 18.2 Å². The lowest BCUT2D eigenvalue weighted by Gasteiger charge is -1.94. The van der Waals surface area contributed by atoms with Crippen molar-refractivity contribution in [2.24, 2.45) is 0 Å². The van der Waals surface area contributed by atoms with Gasteiger partial charge < -0.3 is 5.32 Å². The van der Waals surface area contributed by atoms with Gasteiger partial charge in [-0.3, -0.25) is 0 Å². The molecular weight excluding hydrogens is 178 g/mol. The van der Waals surface area contributed by atoms with Gasteiger partial charge in [0, 0.05) is 12.7 Å². The molecule has 0 aliphatic rings. The molecule has 2 heteroatoms. The van der Waals surface area contributed by atoms with Gasteiger partial charge in [-0.25, -0.2) is 0 Å². The molecule has 1 aromatic carbocycles. The molecule has 0 atom stereocenters. The minimum absolute atomic E-state index is 0. The van der Waals surface area contributed by atoms with Crippen LogP contribution in [0.15, 0.2) is 30.3 Å². The lowest BCUT2D eigenvalue weighted by molar-refractivity contribution is 1.51. The Kier molecular flexibility index (Phi) is 4.14. The minimum atomic E-state index is 0. The van der Waals surface area contributed by atoms with E-state index in [2.05, 4.69) is 5.32 Å². The average Bonchev–Trinajstić information content (AvgIpc) is 1.90. The minimum Gasteiger partial charge on any atom is -0.388 e. The second-order valence-electron chi connectivity index (χ2n) is 1.62. The predicted molar refractivity (Wildman–Crippen MR) is 46.3 cm³/mol. The Hall–Kier alpha value is -0.500. The summed E-state index contributed by atoms with van der Waals surface area (Å²) in [6.45, 7) is 0. The van der Waals surface area contributed by atoms with Crippen molar-refractivity contribution in [3.8, 4) is 0 Å². The number of benzene rings is 1. The van der Waals surface area contributed by atoms with Gasteiger partial charge in [0.05, 0.1) is 0 Å². The number of rotatable bonds is 1. The summed E-state index contributed by atoms with van der Waals surface area (Å²) >= 11 is 0. The van der Waals surface area contributed by atoms with Crippen LogP contribution >= 0.6 is 17.0 Å². The third kappa shape index (κ3) is 2.51. The van der Waals surface area contributed by atoms with E-state index in [1.807, 2.05) is 37.4 Å². The van der Waals surface area contributed by atoms with E-state index < -0.39 is 0 Å². The first-order valence-electron chi connectivity index (χ1n) is 2.66. The molecule has 0 aliphatic heterocycles. The van der Waals surface area contributed by atoms with Crippen molar-refractivity contribution in [3.63, 3.8) is 0 Å². The molecule has 0 saturated heterocycles. The van der Waals surface area contributed by atoms with E-state index >= 15 is 0 Å². The van der Waals surface area contributed by atoms with E-state index in [9.17, 15) is 0 Å². The molecule has 0 spiro atoms. The van der Waals surface area contributed by atoms with Gasteiger partial charge in [-0.05, 0) is 12.1 Å². The summed E-state index contributed by atoms with van der Waals surface area (Å²) in [5.74, 6) is 0. The molecular formula is C7H10BrN. The average molecular weight is 188 g/mol. The second-order valence-corrected chi connectivity index (χ2v) is 1.62. The smallest absolute Gasteiger partial charge is 0.0337 e. The monoisotopic (exact) mass is 187 g/mol. The zero-order chi connectivity index (χ0) is 5.82. The molecule has 0 unspecified atom stereocenters. The van der Waals surface area contributed by atoms with Crippen LogP contribution in [0.2, 0.25) is 0 Å². The van der Waals surface area contributed by atoms with Gasteiger partial charge in [-0.15, -0.1) is 17.0 Å². The van der Waals surface area contributed by atoms with E-state index in [1.54, 1.807) is 0 Å². The Morgan fingerprint density at radius 1 is 1.11 bits per heavy atom. The summed E-state index contributed by atoms with van der Waals surface area (Å²) in [6, 6.07) is 10.1. The number of hydrogen-bond donors (Lipinski definition) is 1. The number of para-hydroxylation sites is 1. The number of nitrogens with one attached hydrogen (secondary N) is 1. The summed E-state index contributed by atoms with van der Waals surface area (Å²) in [7, 11) is 1.91. The predicted octanol–water partition coefficient (Wildman–Crippen LogP) is 2.31. The Bertz CT molecular complexity index is 150. The largest absolute Gasteiger partial charge is 0.388 e. The van der Waals surface area contributed by atoms with Crippen LogP contribution < -0.4 is 5.32 Å². The third-order valence-electron chi connectivity index (χ3n) is 1.06. The maximum absolute atomic E-state index is 3.03. The van der Waals surface area contributed by atoms with Gasteiger partial charge in [0.2, 0.25) is 0 Å². The van der Waals surface area contributed by atoms with E-state index in [-0.39, 0.29) is 17.0 Å². The maximum atomic E-state index is 3.03. The van der Waals surface area contributed by atoms with Gasteiger partial charge in [0.1, 0.15) is 0 Å². The van der Waals surface area contributed by atoms with E-state index in [1.165, 1.54) is 0 Å². The van der Waals surface area contributed by atoms with E-state index in [4.69, 9.17) is 0 Å². The molecule has 0 amide bonds. The van der Waals surface area contributed by atoms with Gasteiger partial charge in [0.25, 0.3) is 0 Å². The fraction of sp³-hybridized carbons (Fsp3) is 0.143. The normalized spacial score (nSPS) is 7.67. The maximum Gasteiger partial charge on any atom is 0.0337 e. The van der Waals surface area contributed by atoms with Gasteiger partial charge >= 0.3 is 0 Å². The number of anilines is 1. The summed E-state index contributed by atoms with van der Waals surface area (Å²) in [6.07, 6.45) is 0. The number of halogens is 1. The number of hydrogen-bond acceptors (Lipinski definition) is 1. The molecule has 1 rings (SSSR count). The molecule has 0 heterocycles. The Labute approximate surface area is 65.9 Å². The fourth-order valence-electron chi connectivity index (χ4n) is 0.605. The first kappa shape index (κ1) is 8.50. The molecule has 0 aliphatic carbocycles. The Morgan fingerprint density at radius 2 is 1.67 bits per heavy atom. The molecule has 1 aromatic rings. The quantitative estimate of drug-likeness (QED) is 0.712. The molecule has 0 fully saturated rings. The summed E-state index contributed by atoms with van der Waals surface area (Å²) in [4.78, 5) is 0. The SMILES string of the molecule is Br.CNc1ccccc1. The van der Waals surface area contributed by atoms with Crippen molar-refractivity contribution >= 4 is 22.7 Å².